The van der Waals surface area contributed by atoms with Crippen LogP contribution in [-0.4, -0.2) is 17.4 Å². The highest BCUT2D eigenvalue weighted by molar-refractivity contribution is 7.80. The van der Waals surface area contributed by atoms with Gasteiger partial charge < -0.3 is 10.1 Å². The van der Waals surface area contributed by atoms with E-state index >= 15 is 0 Å². The lowest BCUT2D eigenvalue weighted by molar-refractivity contribution is 0.217. The van der Waals surface area contributed by atoms with Gasteiger partial charge in [-0.25, -0.2) is 0 Å². The zero-order valence-electron chi connectivity index (χ0n) is 14.0. The van der Waals surface area contributed by atoms with Gasteiger partial charge in [-0.1, -0.05) is 49.4 Å². The van der Waals surface area contributed by atoms with Crippen molar-refractivity contribution in [1.29, 1.82) is 0 Å². The summed E-state index contributed by atoms with van der Waals surface area (Å²) < 4.78 is 5.89. The van der Waals surface area contributed by atoms with E-state index in [1.807, 2.05) is 54.6 Å². The van der Waals surface area contributed by atoms with Crippen molar-refractivity contribution in [1.82, 2.24) is 10.7 Å². The molecule has 24 heavy (non-hydrogen) atoms. The van der Waals surface area contributed by atoms with Crippen LogP contribution in [0.25, 0.3) is 0 Å². The Hall–Kier alpha value is -2.40. The number of nitrogens with zero attached hydrogens (tertiary/aromatic N) is 1. The lowest BCUT2D eigenvalue weighted by Gasteiger charge is -2.14. The number of hydrazone groups is 1. The Balaban J connectivity index is 1.86. The highest BCUT2D eigenvalue weighted by Crippen LogP contribution is 2.18. The quantitative estimate of drug-likeness (QED) is 0.456. The van der Waals surface area contributed by atoms with Gasteiger partial charge in [-0.15, -0.1) is 0 Å². The summed E-state index contributed by atoms with van der Waals surface area (Å²) in [4.78, 5) is 0. The monoisotopic (exact) mass is 341 g/mol. The molecule has 2 aromatic rings. The van der Waals surface area contributed by atoms with Crippen LogP contribution >= 0.6 is 12.2 Å². The van der Waals surface area contributed by atoms with Crippen LogP contribution in [0.15, 0.2) is 59.7 Å². The molecule has 0 unspecified atom stereocenters. The molecule has 126 valence electrons. The zero-order chi connectivity index (χ0) is 17.2. The molecule has 2 rings (SSSR count). The van der Waals surface area contributed by atoms with Crippen molar-refractivity contribution in [3.05, 3.63) is 65.7 Å². The van der Waals surface area contributed by atoms with Gasteiger partial charge in [-0.3, -0.25) is 5.43 Å². The van der Waals surface area contributed by atoms with Gasteiger partial charge >= 0.3 is 0 Å². The number of ether oxygens (including phenoxy) is 1. The number of para-hydroxylation sites is 1. The predicted molar refractivity (Wildman–Crippen MR) is 103 cm³/mol. The van der Waals surface area contributed by atoms with Gasteiger partial charge in [0.1, 0.15) is 5.75 Å². The van der Waals surface area contributed by atoms with Crippen molar-refractivity contribution in [2.45, 2.75) is 32.9 Å². The van der Waals surface area contributed by atoms with Crippen LogP contribution in [0.2, 0.25) is 0 Å². The second kappa shape index (κ2) is 9.67. The Bertz CT molecular complexity index is 673. The highest BCUT2D eigenvalue weighted by atomic mass is 32.1. The van der Waals surface area contributed by atoms with Crippen LogP contribution in [0.5, 0.6) is 5.75 Å². The predicted octanol–water partition coefficient (Wildman–Crippen LogP) is 3.86. The zero-order valence-corrected chi connectivity index (χ0v) is 14.8. The molecule has 0 amide bonds. The molecule has 4 nitrogen and oxygen atoms in total. The van der Waals surface area contributed by atoms with Gasteiger partial charge in [0.25, 0.3) is 0 Å². The largest absolute Gasteiger partial charge is 0.490 e. The van der Waals surface area contributed by atoms with E-state index < -0.39 is 0 Å². The number of hydrogen-bond acceptors (Lipinski definition) is 3. The van der Waals surface area contributed by atoms with E-state index in [1.54, 1.807) is 6.21 Å². The summed E-state index contributed by atoms with van der Waals surface area (Å²) >= 11 is 5.22. The van der Waals surface area contributed by atoms with E-state index in [0.717, 1.165) is 23.3 Å². The third kappa shape index (κ3) is 6.01. The Kier molecular flexibility index (Phi) is 7.23. The van der Waals surface area contributed by atoms with Crippen molar-refractivity contribution >= 4 is 23.5 Å². The molecule has 0 bridgehead atoms. The standard InChI is InChI=1S/C19H23N3OS/c1-3-15(2)23-18-12-8-7-11-17(18)14-21-22-19(24)20-13-16-9-5-4-6-10-16/h4-12,14-15H,3,13H2,1-2H3,(H2,20,22,24)/b21-14-/t15-/m0/s1. The van der Waals surface area contributed by atoms with E-state index in [0.29, 0.717) is 11.7 Å². The molecule has 0 spiro atoms. The van der Waals surface area contributed by atoms with Crippen LogP contribution < -0.4 is 15.5 Å². The summed E-state index contributed by atoms with van der Waals surface area (Å²) in [6.45, 7) is 4.81. The molecule has 0 aromatic heterocycles. The fourth-order valence-corrected chi connectivity index (χ4v) is 2.10. The number of hydrogen-bond donors (Lipinski definition) is 2. The SMILES string of the molecule is CC[C@H](C)Oc1ccccc1/C=N\NC(=S)NCc1ccccc1. The maximum absolute atomic E-state index is 5.89. The van der Waals surface area contributed by atoms with E-state index in [4.69, 9.17) is 17.0 Å². The molecule has 0 fully saturated rings. The van der Waals surface area contributed by atoms with E-state index in [1.165, 1.54) is 0 Å². The van der Waals surface area contributed by atoms with Crippen molar-refractivity contribution in [3.63, 3.8) is 0 Å². The van der Waals surface area contributed by atoms with Crippen LogP contribution in [0.1, 0.15) is 31.4 Å². The Labute approximate surface area is 148 Å². The van der Waals surface area contributed by atoms with Gasteiger partial charge in [0.15, 0.2) is 5.11 Å². The average molecular weight is 341 g/mol. The summed E-state index contributed by atoms with van der Waals surface area (Å²) in [5.74, 6) is 0.820. The van der Waals surface area contributed by atoms with E-state index in [9.17, 15) is 0 Å². The first-order chi connectivity index (χ1) is 11.7. The maximum atomic E-state index is 5.89. The molecule has 0 aliphatic heterocycles. The minimum absolute atomic E-state index is 0.168. The lowest BCUT2D eigenvalue weighted by atomic mass is 10.2. The summed E-state index contributed by atoms with van der Waals surface area (Å²) in [7, 11) is 0. The fraction of sp³-hybridized carbons (Fsp3) is 0.263. The van der Waals surface area contributed by atoms with Crippen LogP contribution in [-0.2, 0) is 6.54 Å². The molecule has 2 N–H and O–H groups in total. The van der Waals surface area contributed by atoms with Crippen molar-refractivity contribution in [2.75, 3.05) is 0 Å². The molecule has 0 radical (unpaired) electrons. The van der Waals surface area contributed by atoms with Crippen molar-refractivity contribution < 1.29 is 4.74 Å². The smallest absolute Gasteiger partial charge is 0.187 e. The first kappa shape index (κ1) is 17.9. The average Bonchev–Trinajstić information content (AvgIpc) is 2.62. The first-order valence-electron chi connectivity index (χ1n) is 8.05. The third-order valence-corrected chi connectivity index (χ3v) is 3.72. The van der Waals surface area contributed by atoms with Crippen LogP contribution in [0, 0.1) is 0 Å². The molecular formula is C19H23N3OS. The van der Waals surface area contributed by atoms with Gasteiger partial charge in [-0.2, -0.15) is 5.10 Å². The minimum atomic E-state index is 0.168. The first-order valence-corrected chi connectivity index (χ1v) is 8.46. The molecule has 5 heteroatoms. The lowest BCUT2D eigenvalue weighted by Crippen LogP contribution is -2.31. The Morgan fingerprint density at radius 3 is 2.62 bits per heavy atom. The molecule has 0 saturated heterocycles. The van der Waals surface area contributed by atoms with Gasteiger partial charge in [0.05, 0.1) is 12.3 Å². The van der Waals surface area contributed by atoms with Crippen LogP contribution in [0.3, 0.4) is 0 Å². The van der Waals surface area contributed by atoms with E-state index in [-0.39, 0.29) is 6.10 Å². The molecule has 1 atom stereocenters. The molecule has 2 aromatic carbocycles. The van der Waals surface area contributed by atoms with Crippen molar-refractivity contribution in [2.24, 2.45) is 5.10 Å². The summed E-state index contributed by atoms with van der Waals surface area (Å²) in [5.41, 5.74) is 4.91. The summed E-state index contributed by atoms with van der Waals surface area (Å²) in [6, 6.07) is 17.9. The third-order valence-electron chi connectivity index (χ3n) is 3.49. The van der Waals surface area contributed by atoms with E-state index in [2.05, 4.69) is 29.7 Å². The van der Waals surface area contributed by atoms with Gasteiger partial charge in [-0.05, 0) is 43.3 Å². The van der Waals surface area contributed by atoms with Crippen molar-refractivity contribution in [3.8, 4) is 5.75 Å². The maximum Gasteiger partial charge on any atom is 0.187 e. The van der Waals surface area contributed by atoms with Gasteiger partial charge in [0, 0.05) is 12.1 Å². The number of nitrogens with one attached hydrogen (secondary N) is 2. The molecule has 0 saturated carbocycles. The fourth-order valence-electron chi connectivity index (χ4n) is 1.97. The Morgan fingerprint density at radius 1 is 1.17 bits per heavy atom. The normalized spacial score (nSPS) is 11.9. The molecule has 0 aliphatic carbocycles. The topological polar surface area (TPSA) is 45.6 Å². The molecule has 0 aliphatic rings. The summed E-state index contributed by atoms with van der Waals surface area (Å²) in [6.07, 6.45) is 2.84. The molecule has 0 heterocycles. The summed E-state index contributed by atoms with van der Waals surface area (Å²) in [5, 5.41) is 7.79. The highest BCUT2D eigenvalue weighted by Gasteiger charge is 2.04. The minimum Gasteiger partial charge on any atom is -0.490 e. The number of rotatable bonds is 7. The second-order valence-corrected chi connectivity index (χ2v) is 5.82. The van der Waals surface area contributed by atoms with Crippen LogP contribution in [0.4, 0.5) is 0 Å². The van der Waals surface area contributed by atoms with Gasteiger partial charge in [0.2, 0.25) is 0 Å². The Morgan fingerprint density at radius 2 is 1.88 bits per heavy atom. The number of thiocarbonyl (C=S) groups is 1. The molecular weight excluding hydrogens is 318 g/mol. The second-order valence-electron chi connectivity index (χ2n) is 5.41. The number of benzene rings is 2.